The molecule has 2 aliphatic rings. The molecule has 1 heterocycles. The number of imide groups is 1. The minimum Gasteiger partial charge on any atom is -0.453 e. The largest absolute Gasteiger partial charge is 0.453 e. The lowest BCUT2D eigenvalue weighted by atomic mass is 10.0. The van der Waals surface area contributed by atoms with E-state index in [0.29, 0.717) is 5.56 Å². The van der Waals surface area contributed by atoms with Gasteiger partial charge in [0.2, 0.25) is 5.78 Å². The first-order valence-corrected chi connectivity index (χ1v) is 8.68. The van der Waals surface area contributed by atoms with E-state index >= 15 is 0 Å². The SMILES string of the molecule is C[C@H](OC(=O)CN1C(=O)NC(C)(C)C1=O)C(=O)c1ccc2c(c1)CCC2. The number of benzene rings is 1. The molecule has 1 aromatic rings. The predicted molar refractivity (Wildman–Crippen MR) is 92.7 cm³/mol. The second-order valence-electron chi connectivity index (χ2n) is 7.28. The van der Waals surface area contributed by atoms with Gasteiger partial charge in [0.05, 0.1) is 0 Å². The second kappa shape index (κ2) is 6.55. The number of rotatable bonds is 5. The Labute approximate surface area is 151 Å². The van der Waals surface area contributed by atoms with Crippen LogP contribution in [0.3, 0.4) is 0 Å². The fourth-order valence-electron chi connectivity index (χ4n) is 3.34. The van der Waals surface area contributed by atoms with E-state index in [1.807, 2.05) is 12.1 Å². The summed E-state index contributed by atoms with van der Waals surface area (Å²) in [7, 11) is 0. The molecular formula is C19H22N2O5. The van der Waals surface area contributed by atoms with Gasteiger partial charge in [-0.2, -0.15) is 0 Å². The predicted octanol–water partition coefficient (Wildman–Crippen LogP) is 1.62. The molecule has 1 N–H and O–H groups in total. The van der Waals surface area contributed by atoms with Crippen LogP contribution in [0.5, 0.6) is 0 Å². The highest BCUT2D eigenvalue weighted by atomic mass is 16.5. The van der Waals surface area contributed by atoms with Crippen LogP contribution < -0.4 is 5.32 Å². The third-order valence-electron chi connectivity index (χ3n) is 4.79. The van der Waals surface area contributed by atoms with E-state index in [1.54, 1.807) is 19.9 Å². The molecule has 1 aliphatic carbocycles. The van der Waals surface area contributed by atoms with Crippen LogP contribution in [0.15, 0.2) is 18.2 Å². The van der Waals surface area contributed by atoms with E-state index < -0.39 is 36.1 Å². The van der Waals surface area contributed by atoms with Gasteiger partial charge in [-0.25, -0.2) is 4.79 Å². The topological polar surface area (TPSA) is 92.8 Å². The molecule has 7 heteroatoms. The van der Waals surface area contributed by atoms with Crippen molar-refractivity contribution in [1.82, 2.24) is 10.2 Å². The lowest BCUT2D eigenvalue weighted by Crippen LogP contribution is -2.41. The molecule has 0 spiro atoms. The Hall–Kier alpha value is -2.70. The van der Waals surface area contributed by atoms with Gasteiger partial charge in [-0.05, 0) is 57.2 Å². The molecule has 3 rings (SSSR count). The first-order chi connectivity index (χ1) is 12.2. The monoisotopic (exact) mass is 358 g/mol. The van der Waals surface area contributed by atoms with Gasteiger partial charge in [0.25, 0.3) is 5.91 Å². The van der Waals surface area contributed by atoms with Crippen molar-refractivity contribution < 1.29 is 23.9 Å². The molecule has 3 amide bonds. The molecule has 0 unspecified atom stereocenters. The van der Waals surface area contributed by atoms with Crippen LogP contribution in [0.25, 0.3) is 0 Å². The van der Waals surface area contributed by atoms with Crippen LogP contribution in [0.4, 0.5) is 4.79 Å². The van der Waals surface area contributed by atoms with Crippen LogP contribution >= 0.6 is 0 Å². The number of urea groups is 1. The summed E-state index contributed by atoms with van der Waals surface area (Å²) in [5.41, 5.74) is 1.87. The molecule has 138 valence electrons. The Balaban J connectivity index is 1.61. The van der Waals surface area contributed by atoms with Crippen LogP contribution in [0.2, 0.25) is 0 Å². The average molecular weight is 358 g/mol. The maximum Gasteiger partial charge on any atom is 0.326 e. The van der Waals surface area contributed by atoms with Crippen molar-refractivity contribution in [1.29, 1.82) is 0 Å². The summed E-state index contributed by atoms with van der Waals surface area (Å²) in [6.45, 7) is 4.08. The van der Waals surface area contributed by atoms with E-state index in [2.05, 4.69) is 5.32 Å². The van der Waals surface area contributed by atoms with Crippen molar-refractivity contribution in [2.75, 3.05) is 6.54 Å². The molecule has 26 heavy (non-hydrogen) atoms. The van der Waals surface area contributed by atoms with Gasteiger partial charge in [-0.15, -0.1) is 0 Å². The molecule has 1 fully saturated rings. The van der Waals surface area contributed by atoms with Gasteiger partial charge in [-0.1, -0.05) is 12.1 Å². The molecule has 0 bridgehead atoms. The van der Waals surface area contributed by atoms with Crippen LogP contribution in [-0.4, -0.2) is 46.8 Å². The highest BCUT2D eigenvalue weighted by molar-refractivity contribution is 6.08. The Morgan fingerprint density at radius 2 is 1.92 bits per heavy atom. The molecule has 7 nitrogen and oxygen atoms in total. The third kappa shape index (κ3) is 3.34. The zero-order valence-corrected chi connectivity index (χ0v) is 15.1. The number of carbonyl (C=O) groups excluding carboxylic acids is 4. The third-order valence-corrected chi connectivity index (χ3v) is 4.79. The minimum atomic E-state index is -1.05. The van der Waals surface area contributed by atoms with Crippen molar-refractivity contribution in [3.05, 3.63) is 34.9 Å². The molecule has 0 radical (unpaired) electrons. The van der Waals surface area contributed by atoms with Gasteiger partial charge in [0.15, 0.2) is 6.10 Å². The smallest absolute Gasteiger partial charge is 0.326 e. The van der Waals surface area contributed by atoms with Crippen molar-refractivity contribution in [3.8, 4) is 0 Å². The molecule has 1 aliphatic heterocycles. The Morgan fingerprint density at radius 3 is 2.58 bits per heavy atom. The van der Waals surface area contributed by atoms with Crippen molar-refractivity contribution in [3.63, 3.8) is 0 Å². The first-order valence-electron chi connectivity index (χ1n) is 8.68. The number of carbonyl (C=O) groups is 4. The summed E-state index contributed by atoms with van der Waals surface area (Å²) in [6, 6.07) is 4.90. The molecule has 0 saturated carbocycles. The molecule has 0 aromatic heterocycles. The summed E-state index contributed by atoms with van der Waals surface area (Å²) >= 11 is 0. The van der Waals surface area contributed by atoms with Crippen molar-refractivity contribution in [2.24, 2.45) is 0 Å². The summed E-state index contributed by atoms with van der Waals surface area (Å²) in [5.74, 6) is -1.60. The number of esters is 1. The summed E-state index contributed by atoms with van der Waals surface area (Å²) in [4.78, 5) is 49.3. The standard InChI is InChI=1S/C19H22N2O5/c1-11(16(23)14-8-7-12-5-4-6-13(12)9-14)26-15(22)10-21-17(24)19(2,3)20-18(21)25/h7-9,11H,4-6,10H2,1-3H3,(H,20,25)/t11-/m0/s1. The quantitative estimate of drug-likeness (QED) is 0.490. The maximum absolute atomic E-state index is 12.5. The molecule has 1 saturated heterocycles. The van der Waals surface area contributed by atoms with Crippen molar-refractivity contribution in [2.45, 2.75) is 51.7 Å². The summed E-state index contributed by atoms with van der Waals surface area (Å²) in [5, 5.41) is 2.49. The number of nitrogens with one attached hydrogen (secondary N) is 1. The molecular weight excluding hydrogens is 336 g/mol. The lowest BCUT2D eigenvalue weighted by molar-refractivity contribution is -0.149. The second-order valence-corrected chi connectivity index (χ2v) is 7.28. The number of Topliss-reactive ketones (excluding diaryl/α,β-unsaturated/α-hetero) is 1. The number of hydrogen-bond donors (Lipinski definition) is 1. The van der Waals surface area contributed by atoms with E-state index in [0.717, 1.165) is 29.7 Å². The molecule has 1 atom stereocenters. The zero-order valence-electron chi connectivity index (χ0n) is 15.1. The van der Waals surface area contributed by atoms with Gasteiger partial charge in [-0.3, -0.25) is 19.3 Å². The fourth-order valence-corrected chi connectivity index (χ4v) is 3.34. The van der Waals surface area contributed by atoms with Crippen molar-refractivity contribution >= 4 is 23.7 Å². The minimum absolute atomic E-state index is 0.300. The zero-order chi connectivity index (χ0) is 19.1. The van der Waals surface area contributed by atoms with Gasteiger partial charge in [0.1, 0.15) is 12.1 Å². The maximum atomic E-state index is 12.5. The van der Waals surface area contributed by atoms with Gasteiger partial charge in [0, 0.05) is 5.56 Å². The van der Waals surface area contributed by atoms with E-state index in [9.17, 15) is 19.2 Å². The van der Waals surface area contributed by atoms with Gasteiger partial charge >= 0.3 is 12.0 Å². The van der Waals surface area contributed by atoms with Gasteiger partial charge < -0.3 is 10.1 Å². The number of ketones is 1. The van der Waals surface area contributed by atoms with Crippen LogP contribution in [-0.2, 0) is 27.2 Å². The number of nitrogens with zero attached hydrogens (tertiary/aromatic N) is 1. The number of ether oxygens (including phenoxy) is 1. The number of amides is 3. The van der Waals surface area contributed by atoms with Crippen LogP contribution in [0.1, 0.15) is 48.7 Å². The Morgan fingerprint density at radius 1 is 1.23 bits per heavy atom. The Kier molecular flexibility index (Phi) is 4.56. The summed E-state index contributed by atoms with van der Waals surface area (Å²) in [6.07, 6.45) is 2.07. The van der Waals surface area contributed by atoms with E-state index in [-0.39, 0.29) is 5.78 Å². The highest BCUT2D eigenvalue weighted by Gasteiger charge is 2.45. The highest BCUT2D eigenvalue weighted by Crippen LogP contribution is 2.23. The first kappa shape index (κ1) is 18.1. The molecule has 1 aromatic carbocycles. The number of fused-ring (bicyclic) bond motifs is 1. The lowest BCUT2D eigenvalue weighted by Gasteiger charge is -2.17. The number of hydrogen-bond acceptors (Lipinski definition) is 5. The normalized spacial score (nSPS) is 19.1. The average Bonchev–Trinajstić information content (AvgIpc) is 3.11. The van der Waals surface area contributed by atoms with E-state index in [1.165, 1.54) is 12.5 Å². The number of aryl methyl sites for hydroxylation is 2. The Bertz CT molecular complexity index is 799. The van der Waals surface area contributed by atoms with E-state index in [4.69, 9.17) is 4.74 Å². The summed E-state index contributed by atoms with van der Waals surface area (Å²) < 4.78 is 5.15. The van der Waals surface area contributed by atoms with Crippen LogP contribution in [0, 0.1) is 0 Å². The fraction of sp³-hybridized carbons (Fsp3) is 0.474.